The third-order valence-corrected chi connectivity index (χ3v) is 2.91. The highest BCUT2D eigenvalue weighted by Crippen LogP contribution is 2.18. The van der Waals surface area contributed by atoms with Crippen LogP contribution in [0.25, 0.3) is 0 Å². The summed E-state index contributed by atoms with van der Waals surface area (Å²) in [6.45, 7) is 1.84. The van der Waals surface area contributed by atoms with Crippen LogP contribution < -0.4 is 11.1 Å². The van der Waals surface area contributed by atoms with Gasteiger partial charge in [0.05, 0.1) is 12.7 Å². The summed E-state index contributed by atoms with van der Waals surface area (Å²) in [5, 5.41) is 3.23. The fraction of sp³-hybridized carbons (Fsp3) is 0.500. The number of nitrogens with two attached hydrogens (primary N) is 1. The molecule has 1 amide bonds. The van der Waals surface area contributed by atoms with Crippen LogP contribution in [0.2, 0.25) is 5.02 Å². The molecule has 3 N–H and O–H groups in total. The zero-order valence-corrected chi connectivity index (χ0v) is 10.1. The Labute approximate surface area is 104 Å². The first-order valence-corrected chi connectivity index (χ1v) is 5.84. The number of nitrogens with one attached hydrogen (secondary N) is 1. The van der Waals surface area contributed by atoms with Crippen LogP contribution >= 0.6 is 11.6 Å². The van der Waals surface area contributed by atoms with Crippen molar-refractivity contribution >= 4 is 29.3 Å². The number of carbonyl (C=O) groups is 1. The number of anilines is 2. The van der Waals surface area contributed by atoms with E-state index in [-0.39, 0.29) is 18.4 Å². The Hall–Kier alpha value is -1.56. The summed E-state index contributed by atoms with van der Waals surface area (Å²) in [5.74, 6) is 0.577. The van der Waals surface area contributed by atoms with Crippen LogP contribution in [0.5, 0.6) is 0 Å². The van der Waals surface area contributed by atoms with Crippen molar-refractivity contribution in [1.29, 1.82) is 0 Å². The SMILES string of the molecule is Nc1ncc(Cl)c(NCC(=O)N2CCCC2)n1. The first-order valence-electron chi connectivity index (χ1n) is 5.46. The Kier molecular flexibility index (Phi) is 3.63. The Morgan fingerprint density at radius 1 is 1.53 bits per heavy atom. The van der Waals surface area contributed by atoms with Gasteiger partial charge in [0.25, 0.3) is 0 Å². The molecular formula is C10H14ClN5O. The van der Waals surface area contributed by atoms with Crippen molar-refractivity contribution in [3.05, 3.63) is 11.2 Å². The van der Waals surface area contributed by atoms with Gasteiger partial charge in [-0.2, -0.15) is 4.98 Å². The number of hydrogen-bond donors (Lipinski definition) is 2. The van der Waals surface area contributed by atoms with E-state index < -0.39 is 0 Å². The Bertz CT molecular complexity index is 419. The highest BCUT2D eigenvalue weighted by atomic mass is 35.5. The molecule has 0 radical (unpaired) electrons. The minimum Gasteiger partial charge on any atom is -0.368 e. The number of likely N-dealkylation sites (tertiary alicyclic amines) is 1. The van der Waals surface area contributed by atoms with Gasteiger partial charge in [-0.25, -0.2) is 4.98 Å². The van der Waals surface area contributed by atoms with Gasteiger partial charge in [-0.05, 0) is 12.8 Å². The monoisotopic (exact) mass is 255 g/mol. The van der Waals surface area contributed by atoms with Gasteiger partial charge in [-0.3, -0.25) is 4.79 Å². The molecule has 0 bridgehead atoms. The fourth-order valence-electron chi connectivity index (χ4n) is 1.74. The molecule has 1 fully saturated rings. The number of halogens is 1. The van der Waals surface area contributed by atoms with Crippen molar-refractivity contribution in [3.8, 4) is 0 Å². The number of hydrogen-bond acceptors (Lipinski definition) is 5. The lowest BCUT2D eigenvalue weighted by atomic mass is 10.4. The summed E-state index contributed by atoms with van der Waals surface area (Å²) >= 11 is 5.87. The van der Waals surface area contributed by atoms with Gasteiger partial charge in [0.2, 0.25) is 11.9 Å². The van der Waals surface area contributed by atoms with Crippen LogP contribution in [0, 0.1) is 0 Å². The van der Waals surface area contributed by atoms with Crippen LogP contribution in [-0.4, -0.2) is 40.4 Å². The summed E-state index contributed by atoms with van der Waals surface area (Å²) in [5.41, 5.74) is 5.44. The second kappa shape index (κ2) is 5.18. The molecule has 1 saturated heterocycles. The lowest BCUT2D eigenvalue weighted by Gasteiger charge is -2.15. The Balaban J connectivity index is 1.92. The molecular weight excluding hydrogens is 242 g/mol. The van der Waals surface area contributed by atoms with Crippen molar-refractivity contribution in [2.24, 2.45) is 0 Å². The minimum atomic E-state index is 0.0516. The van der Waals surface area contributed by atoms with E-state index >= 15 is 0 Å². The van der Waals surface area contributed by atoms with Gasteiger partial charge >= 0.3 is 0 Å². The molecule has 1 aromatic heterocycles. The molecule has 92 valence electrons. The maximum atomic E-state index is 11.8. The highest BCUT2D eigenvalue weighted by molar-refractivity contribution is 6.32. The zero-order chi connectivity index (χ0) is 12.3. The van der Waals surface area contributed by atoms with Gasteiger partial charge in [-0.1, -0.05) is 11.6 Å². The molecule has 0 unspecified atom stereocenters. The molecule has 0 atom stereocenters. The smallest absolute Gasteiger partial charge is 0.241 e. The number of amides is 1. The first kappa shape index (κ1) is 11.9. The standard InChI is InChI=1S/C10H14ClN5O/c11-7-5-14-10(12)15-9(7)13-6-8(17)16-3-1-2-4-16/h5H,1-4,6H2,(H3,12,13,14,15). The van der Waals surface area contributed by atoms with E-state index in [4.69, 9.17) is 17.3 Å². The molecule has 7 heteroatoms. The molecule has 6 nitrogen and oxygen atoms in total. The van der Waals surface area contributed by atoms with Crippen molar-refractivity contribution < 1.29 is 4.79 Å². The molecule has 0 saturated carbocycles. The van der Waals surface area contributed by atoms with Gasteiger partial charge in [0.1, 0.15) is 5.02 Å². The number of nitrogens with zero attached hydrogens (tertiary/aromatic N) is 3. The van der Waals surface area contributed by atoms with Gasteiger partial charge in [0, 0.05) is 13.1 Å². The third-order valence-electron chi connectivity index (χ3n) is 2.63. The Morgan fingerprint density at radius 3 is 2.94 bits per heavy atom. The van der Waals surface area contributed by atoms with Crippen LogP contribution in [0.15, 0.2) is 6.20 Å². The molecule has 17 heavy (non-hydrogen) atoms. The van der Waals surface area contributed by atoms with Crippen molar-refractivity contribution in [2.75, 3.05) is 30.7 Å². The summed E-state index contributed by atoms with van der Waals surface area (Å²) in [4.78, 5) is 21.3. The van der Waals surface area contributed by atoms with Crippen molar-refractivity contribution in [3.63, 3.8) is 0 Å². The van der Waals surface area contributed by atoms with Crippen LogP contribution in [-0.2, 0) is 4.79 Å². The van der Waals surface area contributed by atoms with Crippen LogP contribution in [0.1, 0.15) is 12.8 Å². The van der Waals surface area contributed by atoms with Crippen LogP contribution in [0.4, 0.5) is 11.8 Å². The van der Waals surface area contributed by atoms with Crippen LogP contribution in [0.3, 0.4) is 0 Å². The lowest BCUT2D eigenvalue weighted by Crippen LogP contribution is -2.33. The topological polar surface area (TPSA) is 84.1 Å². The maximum absolute atomic E-state index is 11.8. The lowest BCUT2D eigenvalue weighted by molar-refractivity contribution is -0.128. The zero-order valence-electron chi connectivity index (χ0n) is 9.32. The third kappa shape index (κ3) is 2.97. The number of nitrogen functional groups attached to an aromatic ring is 1. The average molecular weight is 256 g/mol. The van der Waals surface area contributed by atoms with E-state index in [1.54, 1.807) is 0 Å². The summed E-state index contributed by atoms with van der Waals surface area (Å²) in [7, 11) is 0. The number of rotatable bonds is 3. The first-order chi connectivity index (χ1) is 8.16. The second-order valence-electron chi connectivity index (χ2n) is 3.87. The second-order valence-corrected chi connectivity index (χ2v) is 4.27. The van der Waals surface area contributed by atoms with E-state index in [0.717, 1.165) is 25.9 Å². The molecule has 2 heterocycles. The maximum Gasteiger partial charge on any atom is 0.241 e. The van der Waals surface area contributed by atoms with E-state index in [2.05, 4.69) is 15.3 Å². The predicted molar refractivity (Wildman–Crippen MR) is 65.8 cm³/mol. The van der Waals surface area contributed by atoms with E-state index in [9.17, 15) is 4.79 Å². The molecule has 0 aliphatic carbocycles. The average Bonchev–Trinajstić information content (AvgIpc) is 2.83. The number of carbonyl (C=O) groups excluding carboxylic acids is 1. The molecule has 0 spiro atoms. The van der Waals surface area contributed by atoms with E-state index in [0.29, 0.717) is 10.8 Å². The van der Waals surface area contributed by atoms with Gasteiger partial charge in [0.15, 0.2) is 5.82 Å². The quantitative estimate of drug-likeness (QED) is 0.833. The van der Waals surface area contributed by atoms with E-state index in [1.807, 2.05) is 4.90 Å². The molecule has 1 aromatic rings. The van der Waals surface area contributed by atoms with Crippen molar-refractivity contribution in [2.45, 2.75) is 12.8 Å². The summed E-state index contributed by atoms with van der Waals surface area (Å²) in [6.07, 6.45) is 3.56. The summed E-state index contributed by atoms with van der Waals surface area (Å²) < 4.78 is 0. The van der Waals surface area contributed by atoms with Crippen molar-refractivity contribution in [1.82, 2.24) is 14.9 Å². The normalized spacial score (nSPS) is 15.0. The largest absolute Gasteiger partial charge is 0.368 e. The highest BCUT2D eigenvalue weighted by Gasteiger charge is 2.17. The van der Waals surface area contributed by atoms with Gasteiger partial charge in [-0.15, -0.1) is 0 Å². The fourth-order valence-corrected chi connectivity index (χ4v) is 1.90. The summed E-state index contributed by atoms with van der Waals surface area (Å²) in [6, 6.07) is 0. The minimum absolute atomic E-state index is 0.0516. The predicted octanol–water partition coefficient (Wildman–Crippen LogP) is 0.746. The Morgan fingerprint density at radius 2 is 2.24 bits per heavy atom. The molecule has 1 aliphatic heterocycles. The molecule has 1 aliphatic rings. The number of aromatic nitrogens is 2. The molecule has 2 rings (SSSR count). The van der Waals surface area contributed by atoms with E-state index in [1.165, 1.54) is 6.20 Å². The van der Waals surface area contributed by atoms with Gasteiger partial charge < -0.3 is 16.0 Å². The molecule has 0 aromatic carbocycles.